The molecular formula is C27H25N3O. The van der Waals surface area contributed by atoms with E-state index in [0.29, 0.717) is 5.56 Å². The van der Waals surface area contributed by atoms with Gasteiger partial charge in [-0.05, 0) is 60.5 Å². The lowest BCUT2D eigenvalue weighted by Crippen LogP contribution is -2.13. The summed E-state index contributed by atoms with van der Waals surface area (Å²) in [6.45, 7) is 2.85. The van der Waals surface area contributed by atoms with Crippen LogP contribution in [-0.2, 0) is 6.42 Å². The topological polar surface area (TPSA) is 54.0 Å². The normalized spacial score (nSPS) is 10.5. The van der Waals surface area contributed by atoms with Gasteiger partial charge in [0.05, 0.1) is 0 Å². The molecule has 0 unspecified atom stereocenters. The minimum absolute atomic E-state index is 0.118. The number of nitrogens with one attached hydrogen (secondary N) is 2. The van der Waals surface area contributed by atoms with Crippen LogP contribution in [0.25, 0.3) is 11.1 Å². The molecule has 0 spiro atoms. The molecule has 0 bridgehead atoms. The standard InChI is InChI=1S/C27H25N3O/c1-20-7-6-8-21(19-20)25-10-2-3-11-26(25)27(31)30-24-14-12-23(13-15-24)29-18-16-22-9-4-5-17-28-22/h2-15,17,19,29H,16,18H2,1H3,(H,30,31). The molecule has 154 valence electrons. The number of amides is 1. The quantitative estimate of drug-likeness (QED) is 0.397. The van der Waals surface area contributed by atoms with Crippen LogP contribution in [0.3, 0.4) is 0 Å². The Labute approximate surface area is 183 Å². The van der Waals surface area contributed by atoms with Crippen LogP contribution in [0, 0.1) is 6.92 Å². The maximum absolute atomic E-state index is 13.0. The maximum Gasteiger partial charge on any atom is 0.256 e. The van der Waals surface area contributed by atoms with E-state index in [0.717, 1.165) is 41.2 Å². The van der Waals surface area contributed by atoms with Crippen molar-refractivity contribution in [1.82, 2.24) is 4.98 Å². The Morgan fingerprint density at radius 3 is 2.39 bits per heavy atom. The number of hydrogen-bond donors (Lipinski definition) is 2. The van der Waals surface area contributed by atoms with E-state index in [1.54, 1.807) is 0 Å². The van der Waals surface area contributed by atoms with Crippen molar-refractivity contribution in [3.05, 3.63) is 114 Å². The van der Waals surface area contributed by atoms with Gasteiger partial charge in [-0.2, -0.15) is 0 Å². The number of carbonyl (C=O) groups is 1. The summed E-state index contributed by atoms with van der Waals surface area (Å²) < 4.78 is 0. The average Bonchev–Trinajstić information content (AvgIpc) is 2.81. The Hall–Kier alpha value is -3.92. The summed E-state index contributed by atoms with van der Waals surface area (Å²) >= 11 is 0. The van der Waals surface area contributed by atoms with Crippen molar-refractivity contribution in [2.45, 2.75) is 13.3 Å². The highest BCUT2D eigenvalue weighted by atomic mass is 16.1. The van der Waals surface area contributed by atoms with Crippen molar-refractivity contribution >= 4 is 17.3 Å². The number of aryl methyl sites for hydroxylation is 1. The van der Waals surface area contributed by atoms with Gasteiger partial charge in [-0.3, -0.25) is 9.78 Å². The minimum atomic E-state index is -0.118. The summed E-state index contributed by atoms with van der Waals surface area (Å²) in [6.07, 6.45) is 2.67. The van der Waals surface area contributed by atoms with Crippen molar-refractivity contribution in [2.24, 2.45) is 0 Å². The number of hydrogen-bond acceptors (Lipinski definition) is 3. The van der Waals surface area contributed by atoms with Crippen LogP contribution in [0.4, 0.5) is 11.4 Å². The van der Waals surface area contributed by atoms with Gasteiger partial charge < -0.3 is 10.6 Å². The zero-order chi connectivity index (χ0) is 21.5. The van der Waals surface area contributed by atoms with Crippen molar-refractivity contribution in [2.75, 3.05) is 17.2 Å². The van der Waals surface area contributed by atoms with Crippen molar-refractivity contribution in [3.8, 4) is 11.1 Å². The highest BCUT2D eigenvalue weighted by molar-refractivity contribution is 6.08. The highest BCUT2D eigenvalue weighted by Gasteiger charge is 2.12. The molecule has 2 N–H and O–H groups in total. The fourth-order valence-electron chi connectivity index (χ4n) is 3.50. The molecular weight excluding hydrogens is 382 g/mol. The number of carbonyl (C=O) groups excluding carboxylic acids is 1. The molecule has 0 saturated carbocycles. The van der Waals surface area contributed by atoms with Crippen LogP contribution in [0.15, 0.2) is 97.2 Å². The molecule has 1 amide bonds. The van der Waals surface area contributed by atoms with E-state index in [4.69, 9.17) is 0 Å². The Balaban J connectivity index is 1.40. The largest absolute Gasteiger partial charge is 0.385 e. The molecule has 0 aliphatic rings. The molecule has 4 nitrogen and oxygen atoms in total. The van der Waals surface area contributed by atoms with Gasteiger partial charge in [-0.1, -0.05) is 54.1 Å². The van der Waals surface area contributed by atoms with E-state index in [-0.39, 0.29) is 5.91 Å². The van der Waals surface area contributed by atoms with Gasteiger partial charge in [-0.25, -0.2) is 0 Å². The maximum atomic E-state index is 13.0. The smallest absolute Gasteiger partial charge is 0.256 e. The third-order valence-electron chi connectivity index (χ3n) is 5.08. The van der Waals surface area contributed by atoms with E-state index in [2.05, 4.69) is 34.7 Å². The van der Waals surface area contributed by atoms with Crippen molar-refractivity contribution < 1.29 is 4.79 Å². The van der Waals surface area contributed by atoms with E-state index >= 15 is 0 Å². The number of anilines is 2. The Kier molecular flexibility index (Phi) is 6.38. The second-order valence-corrected chi connectivity index (χ2v) is 7.44. The van der Waals surface area contributed by atoms with E-state index in [1.807, 2.05) is 85.1 Å². The molecule has 0 aliphatic heterocycles. The summed E-state index contributed by atoms with van der Waals surface area (Å²) in [5, 5.41) is 6.40. The predicted molar refractivity (Wildman–Crippen MR) is 127 cm³/mol. The van der Waals surface area contributed by atoms with Crippen LogP contribution in [0.2, 0.25) is 0 Å². The predicted octanol–water partition coefficient (Wildman–Crippen LogP) is 5.96. The first kappa shape index (κ1) is 20.4. The van der Waals surface area contributed by atoms with Gasteiger partial charge in [0, 0.05) is 41.8 Å². The molecule has 31 heavy (non-hydrogen) atoms. The fourth-order valence-corrected chi connectivity index (χ4v) is 3.50. The third kappa shape index (κ3) is 5.37. The molecule has 0 atom stereocenters. The lowest BCUT2D eigenvalue weighted by atomic mass is 9.98. The highest BCUT2D eigenvalue weighted by Crippen LogP contribution is 2.25. The summed E-state index contributed by atoms with van der Waals surface area (Å²) in [5.41, 5.74) is 6.62. The van der Waals surface area contributed by atoms with Crippen LogP contribution in [-0.4, -0.2) is 17.4 Å². The molecule has 1 heterocycles. The van der Waals surface area contributed by atoms with Crippen LogP contribution in [0.1, 0.15) is 21.6 Å². The Bertz CT molecular complexity index is 1150. The lowest BCUT2D eigenvalue weighted by molar-refractivity contribution is 0.102. The summed E-state index contributed by atoms with van der Waals surface area (Å²) in [6, 6.07) is 29.6. The van der Waals surface area contributed by atoms with Crippen LogP contribution < -0.4 is 10.6 Å². The van der Waals surface area contributed by atoms with E-state index in [1.165, 1.54) is 5.56 Å². The molecule has 4 rings (SSSR count). The first-order valence-electron chi connectivity index (χ1n) is 10.4. The van der Waals surface area contributed by atoms with Gasteiger partial charge in [0.25, 0.3) is 5.91 Å². The lowest BCUT2D eigenvalue weighted by Gasteiger charge is -2.12. The Morgan fingerprint density at radius 1 is 0.839 bits per heavy atom. The van der Waals surface area contributed by atoms with Crippen LogP contribution in [0.5, 0.6) is 0 Å². The summed E-state index contributed by atoms with van der Waals surface area (Å²) in [7, 11) is 0. The Morgan fingerprint density at radius 2 is 1.61 bits per heavy atom. The van der Waals surface area contributed by atoms with Crippen molar-refractivity contribution in [3.63, 3.8) is 0 Å². The second-order valence-electron chi connectivity index (χ2n) is 7.44. The zero-order valence-electron chi connectivity index (χ0n) is 17.5. The number of aromatic nitrogens is 1. The van der Waals surface area contributed by atoms with Crippen molar-refractivity contribution in [1.29, 1.82) is 0 Å². The first-order valence-corrected chi connectivity index (χ1v) is 10.4. The number of benzene rings is 3. The molecule has 4 aromatic rings. The minimum Gasteiger partial charge on any atom is -0.385 e. The van der Waals surface area contributed by atoms with Gasteiger partial charge >= 0.3 is 0 Å². The molecule has 0 aliphatic carbocycles. The second kappa shape index (κ2) is 9.72. The average molecular weight is 408 g/mol. The SMILES string of the molecule is Cc1cccc(-c2ccccc2C(=O)Nc2ccc(NCCc3ccccn3)cc2)c1. The van der Waals surface area contributed by atoms with Gasteiger partial charge in [0.1, 0.15) is 0 Å². The summed E-state index contributed by atoms with van der Waals surface area (Å²) in [4.78, 5) is 17.3. The molecule has 0 radical (unpaired) electrons. The monoisotopic (exact) mass is 407 g/mol. The summed E-state index contributed by atoms with van der Waals surface area (Å²) in [5.74, 6) is -0.118. The zero-order valence-corrected chi connectivity index (χ0v) is 17.5. The molecule has 3 aromatic carbocycles. The molecule has 1 aromatic heterocycles. The van der Waals surface area contributed by atoms with E-state index < -0.39 is 0 Å². The molecule has 0 saturated heterocycles. The van der Waals surface area contributed by atoms with Gasteiger partial charge in [0.2, 0.25) is 0 Å². The van der Waals surface area contributed by atoms with E-state index in [9.17, 15) is 4.79 Å². The number of nitrogens with zero attached hydrogens (tertiary/aromatic N) is 1. The number of pyridine rings is 1. The first-order chi connectivity index (χ1) is 15.2. The molecule has 4 heteroatoms. The molecule has 0 fully saturated rings. The van der Waals surface area contributed by atoms with Gasteiger partial charge in [0.15, 0.2) is 0 Å². The van der Waals surface area contributed by atoms with Crippen LogP contribution >= 0.6 is 0 Å². The van der Waals surface area contributed by atoms with Gasteiger partial charge in [-0.15, -0.1) is 0 Å². The fraction of sp³-hybridized carbons (Fsp3) is 0.111. The number of rotatable bonds is 7. The third-order valence-corrected chi connectivity index (χ3v) is 5.08.